The van der Waals surface area contributed by atoms with Gasteiger partial charge in [-0.05, 0) is 73.4 Å². The number of anilines is 1. The van der Waals surface area contributed by atoms with Gasteiger partial charge in [0.05, 0.1) is 12.2 Å². The Balaban J connectivity index is 1.81. The van der Waals surface area contributed by atoms with Gasteiger partial charge in [-0.2, -0.15) is 0 Å². The van der Waals surface area contributed by atoms with E-state index in [1.54, 1.807) is 6.20 Å². The molecule has 0 fully saturated rings. The normalized spacial score (nSPS) is 11.2. The summed E-state index contributed by atoms with van der Waals surface area (Å²) >= 11 is 0. The Morgan fingerprint density at radius 1 is 1.00 bits per heavy atom. The highest BCUT2D eigenvalue weighted by molar-refractivity contribution is 6.10. The topological polar surface area (TPSA) is 66.4 Å². The third-order valence-electron chi connectivity index (χ3n) is 4.47. The van der Waals surface area contributed by atoms with E-state index in [-0.39, 0.29) is 5.91 Å². The first kappa shape index (κ1) is 20.3. The van der Waals surface area contributed by atoms with Crippen LogP contribution in [0, 0.1) is 13.8 Å². The zero-order valence-electron chi connectivity index (χ0n) is 17.1. The lowest BCUT2D eigenvalue weighted by atomic mass is 10.1. The number of rotatable bonds is 5. The van der Waals surface area contributed by atoms with Crippen molar-refractivity contribution in [1.29, 1.82) is 0 Å². The molecule has 0 unspecified atom stereocenters. The Morgan fingerprint density at radius 3 is 2.34 bits per heavy atom. The fourth-order valence-corrected chi connectivity index (χ4v) is 3.02. The number of benzene rings is 2. The fourth-order valence-electron chi connectivity index (χ4n) is 3.02. The maximum atomic E-state index is 12.7. The van der Waals surface area contributed by atoms with Crippen molar-refractivity contribution in [2.75, 3.05) is 5.32 Å². The van der Waals surface area contributed by atoms with Gasteiger partial charge in [-0.25, -0.2) is 4.99 Å². The van der Waals surface area contributed by atoms with E-state index in [4.69, 9.17) is 0 Å². The number of aromatic nitrogens is 1. The van der Waals surface area contributed by atoms with E-state index >= 15 is 0 Å². The minimum Gasteiger partial charge on any atom is -0.326 e. The zero-order chi connectivity index (χ0) is 20.6. The van der Waals surface area contributed by atoms with Crippen LogP contribution >= 0.6 is 0 Å². The number of nitrogens with zero attached hydrogens (tertiary/aromatic N) is 2. The highest BCUT2D eigenvalue weighted by Gasteiger charge is 2.10. The molecule has 2 aromatic carbocycles. The number of aliphatic imine (C=N–C) groups is 1. The first-order chi connectivity index (χ1) is 14.0. The Morgan fingerprint density at radius 2 is 1.72 bits per heavy atom. The lowest BCUT2D eigenvalue weighted by molar-refractivity contribution is 0.0977. The molecule has 5 heteroatoms. The smallest absolute Gasteiger partial charge is 0.257 e. The highest BCUT2D eigenvalue weighted by atomic mass is 16.1. The lowest BCUT2D eigenvalue weighted by Crippen LogP contribution is -2.36. The van der Waals surface area contributed by atoms with Gasteiger partial charge < -0.3 is 5.32 Å². The summed E-state index contributed by atoms with van der Waals surface area (Å²) in [5.74, 6) is 0.189. The Bertz CT molecular complexity index is 975. The maximum Gasteiger partial charge on any atom is 0.257 e. The zero-order valence-corrected chi connectivity index (χ0v) is 17.1. The Labute approximate surface area is 171 Å². The standard InChI is InChI=1S/C24H26N4O/c1-4-19-8-10-20(11-9-19)23(29)28-24(26-16-21-7-5-6-12-25-21)27-22-14-17(2)13-18(3)15-22/h5-15H,4,16H2,1-3H3,(H2,26,27,28,29). The number of aryl methyl sites for hydroxylation is 3. The second kappa shape index (κ2) is 9.64. The molecule has 148 valence electrons. The SMILES string of the molecule is CCc1ccc(C(=O)NC(=NCc2ccccn2)Nc2cc(C)cc(C)c2)cc1. The van der Waals surface area contributed by atoms with E-state index in [2.05, 4.69) is 33.6 Å². The molecule has 0 spiro atoms. The molecule has 1 aromatic heterocycles. The van der Waals surface area contributed by atoms with Gasteiger partial charge in [0.2, 0.25) is 5.96 Å². The third-order valence-corrected chi connectivity index (χ3v) is 4.47. The second-order valence-electron chi connectivity index (χ2n) is 6.99. The van der Waals surface area contributed by atoms with Crippen molar-refractivity contribution < 1.29 is 4.79 Å². The number of pyridine rings is 1. The minimum absolute atomic E-state index is 0.204. The molecular formula is C24H26N4O. The summed E-state index contributed by atoms with van der Waals surface area (Å²) in [5.41, 5.74) is 5.77. The third kappa shape index (κ3) is 6.01. The molecule has 0 saturated heterocycles. The van der Waals surface area contributed by atoms with Crippen LogP contribution in [0.25, 0.3) is 0 Å². The maximum absolute atomic E-state index is 12.7. The van der Waals surface area contributed by atoms with E-state index in [0.29, 0.717) is 18.1 Å². The average molecular weight is 386 g/mol. The highest BCUT2D eigenvalue weighted by Crippen LogP contribution is 2.14. The summed E-state index contributed by atoms with van der Waals surface area (Å²) in [7, 11) is 0. The van der Waals surface area contributed by atoms with E-state index < -0.39 is 0 Å². The molecule has 2 N–H and O–H groups in total. The molecule has 0 saturated carbocycles. The average Bonchev–Trinajstić information content (AvgIpc) is 2.72. The molecule has 0 aliphatic rings. The second-order valence-corrected chi connectivity index (χ2v) is 6.99. The molecule has 0 bridgehead atoms. The number of carbonyl (C=O) groups is 1. The van der Waals surface area contributed by atoms with Crippen LogP contribution in [0.15, 0.2) is 71.9 Å². The van der Waals surface area contributed by atoms with Gasteiger partial charge in [0, 0.05) is 17.4 Å². The predicted molar refractivity (Wildman–Crippen MR) is 118 cm³/mol. The van der Waals surface area contributed by atoms with Crippen LogP contribution in [0.4, 0.5) is 5.69 Å². The van der Waals surface area contributed by atoms with Crippen LogP contribution in [-0.4, -0.2) is 16.9 Å². The Hall–Kier alpha value is -3.47. The molecule has 3 aromatic rings. The van der Waals surface area contributed by atoms with Crippen molar-refractivity contribution in [2.24, 2.45) is 4.99 Å². The summed E-state index contributed by atoms with van der Waals surface area (Å²) in [6, 6.07) is 19.4. The summed E-state index contributed by atoms with van der Waals surface area (Å²) in [6.07, 6.45) is 2.67. The van der Waals surface area contributed by atoms with Crippen molar-refractivity contribution in [2.45, 2.75) is 33.7 Å². The molecule has 29 heavy (non-hydrogen) atoms. The largest absolute Gasteiger partial charge is 0.326 e. The van der Waals surface area contributed by atoms with Crippen LogP contribution in [0.3, 0.4) is 0 Å². The van der Waals surface area contributed by atoms with E-state index in [9.17, 15) is 4.79 Å². The number of nitrogens with one attached hydrogen (secondary N) is 2. The van der Waals surface area contributed by atoms with Crippen molar-refractivity contribution in [1.82, 2.24) is 10.3 Å². The van der Waals surface area contributed by atoms with E-state index in [1.165, 1.54) is 5.56 Å². The molecule has 0 aliphatic carbocycles. The summed E-state index contributed by atoms with van der Waals surface area (Å²) < 4.78 is 0. The first-order valence-electron chi connectivity index (χ1n) is 9.73. The molecule has 0 atom stereocenters. The monoisotopic (exact) mass is 386 g/mol. The van der Waals surface area contributed by atoms with Crippen molar-refractivity contribution in [3.05, 3.63) is 94.8 Å². The Kier molecular flexibility index (Phi) is 6.74. The summed E-state index contributed by atoms with van der Waals surface area (Å²) in [4.78, 5) is 21.6. The fraction of sp³-hybridized carbons (Fsp3) is 0.208. The van der Waals surface area contributed by atoms with Crippen LogP contribution in [0.5, 0.6) is 0 Å². The van der Waals surface area contributed by atoms with Gasteiger partial charge in [-0.15, -0.1) is 0 Å². The number of carbonyl (C=O) groups excluding carboxylic acids is 1. The number of amides is 1. The van der Waals surface area contributed by atoms with Crippen molar-refractivity contribution in [3.8, 4) is 0 Å². The van der Waals surface area contributed by atoms with Crippen LogP contribution in [0.1, 0.15) is 39.7 Å². The first-order valence-corrected chi connectivity index (χ1v) is 9.73. The van der Waals surface area contributed by atoms with Gasteiger partial charge in [0.1, 0.15) is 0 Å². The molecular weight excluding hydrogens is 360 g/mol. The van der Waals surface area contributed by atoms with E-state index in [0.717, 1.165) is 28.9 Å². The summed E-state index contributed by atoms with van der Waals surface area (Å²) in [5, 5.41) is 6.15. The van der Waals surface area contributed by atoms with Crippen LogP contribution in [0.2, 0.25) is 0 Å². The summed E-state index contributed by atoms with van der Waals surface area (Å²) in [6.45, 7) is 6.53. The number of hydrogen-bond donors (Lipinski definition) is 2. The molecule has 1 heterocycles. The predicted octanol–water partition coefficient (Wildman–Crippen LogP) is 4.66. The quantitative estimate of drug-likeness (QED) is 0.495. The number of guanidine groups is 1. The van der Waals surface area contributed by atoms with Gasteiger partial charge in [-0.3, -0.25) is 15.1 Å². The van der Waals surface area contributed by atoms with Gasteiger partial charge in [0.15, 0.2) is 0 Å². The molecule has 0 aliphatic heterocycles. The molecule has 3 rings (SSSR count). The van der Waals surface area contributed by atoms with Gasteiger partial charge in [-0.1, -0.05) is 31.2 Å². The molecule has 0 radical (unpaired) electrons. The van der Waals surface area contributed by atoms with Crippen molar-refractivity contribution in [3.63, 3.8) is 0 Å². The number of hydrogen-bond acceptors (Lipinski definition) is 3. The van der Waals surface area contributed by atoms with Crippen LogP contribution in [-0.2, 0) is 13.0 Å². The lowest BCUT2D eigenvalue weighted by Gasteiger charge is -2.13. The van der Waals surface area contributed by atoms with E-state index in [1.807, 2.05) is 68.4 Å². The minimum atomic E-state index is -0.204. The molecule has 5 nitrogen and oxygen atoms in total. The van der Waals surface area contributed by atoms with Gasteiger partial charge >= 0.3 is 0 Å². The van der Waals surface area contributed by atoms with Gasteiger partial charge in [0.25, 0.3) is 5.91 Å². The molecule has 1 amide bonds. The van der Waals surface area contributed by atoms with Crippen LogP contribution < -0.4 is 10.6 Å². The van der Waals surface area contributed by atoms with Crippen molar-refractivity contribution >= 4 is 17.6 Å².